The third-order valence-electron chi connectivity index (χ3n) is 4.31. The highest BCUT2D eigenvalue weighted by Crippen LogP contribution is 2.39. The summed E-state index contributed by atoms with van der Waals surface area (Å²) < 4.78 is 21.3. The summed E-state index contributed by atoms with van der Waals surface area (Å²) in [6.07, 6.45) is 0. The summed E-state index contributed by atoms with van der Waals surface area (Å²) in [6, 6.07) is 6.80. The van der Waals surface area contributed by atoms with Crippen LogP contribution in [0, 0.1) is 0 Å². The number of H-pyrrole nitrogens is 1. The molecule has 0 atom stereocenters. The Morgan fingerprint density at radius 3 is 2.11 bits per heavy atom. The highest BCUT2D eigenvalue weighted by molar-refractivity contribution is 6.16. The molecule has 0 fully saturated rings. The van der Waals surface area contributed by atoms with E-state index in [0.29, 0.717) is 50.8 Å². The molecule has 1 aromatic heterocycles. The van der Waals surface area contributed by atoms with Crippen molar-refractivity contribution in [1.29, 1.82) is 0 Å². The fourth-order valence-electron chi connectivity index (χ4n) is 3.00. The smallest absolute Gasteiger partial charge is 0.211 e. The molecule has 1 heterocycles. The maximum Gasteiger partial charge on any atom is 0.211 e. The van der Waals surface area contributed by atoms with E-state index in [0.717, 1.165) is 0 Å². The van der Waals surface area contributed by atoms with Crippen molar-refractivity contribution >= 4 is 22.4 Å². The second-order valence-corrected chi connectivity index (χ2v) is 5.63. The molecule has 3 rings (SSSR count). The molecule has 0 aliphatic heterocycles. The number of ether oxygens (including phenoxy) is 4. The largest absolute Gasteiger partial charge is 0.495 e. The highest BCUT2D eigenvalue weighted by atomic mass is 16.5. The SMILES string of the molecule is CNc1c(OC)ccc2c(C(=O)c3cc(OC)c(OC)c(OC)c3)[nH]nc12. The van der Waals surface area contributed by atoms with E-state index in [1.807, 2.05) is 0 Å². The van der Waals surface area contributed by atoms with Crippen molar-refractivity contribution in [2.45, 2.75) is 0 Å². The maximum atomic E-state index is 13.1. The van der Waals surface area contributed by atoms with Gasteiger partial charge in [0.05, 0.1) is 28.4 Å². The lowest BCUT2D eigenvalue weighted by molar-refractivity contribution is 0.103. The number of benzene rings is 2. The van der Waals surface area contributed by atoms with Crippen LogP contribution < -0.4 is 24.3 Å². The summed E-state index contributed by atoms with van der Waals surface area (Å²) in [6.45, 7) is 0. The number of aromatic amines is 1. The number of hydrogen-bond donors (Lipinski definition) is 2. The summed E-state index contributed by atoms with van der Waals surface area (Å²) in [7, 11) is 7.87. The molecule has 0 saturated carbocycles. The molecule has 0 radical (unpaired) electrons. The zero-order chi connectivity index (χ0) is 19.6. The van der Waals surface area contributed by atoms with Gasteiger partial charge < -0.3 is 24.3 Å². The van der Waals surface area contributed by atoms with Crippen molar-refractivity contribution < 1.29 is 23.7 Å². The van der Waals surface area contributed by atoms with Crippen LogP contribution in [0.1, 0.15) is 16.1 Å². The molecule has 27 heavy (non-hydrogen) atoms. The summed E-state index contributed by atoms with van der Waals surface area (Å²) >= 11 is 0. The van der Waals surface area contributed by atoms with Crippen LogP contribution in [-0.4, -0.2) is 51.5 Å². The van der Waals surface area contributed by atoms with Gasteiger partial charge in [-0.1, -0.05) is 0 Å². The topological polar surface area (TPSA) is 94.7 Å². The fourth-order valence-corrected chi connectivity index (χ4v) is 3.00. The van der Waals surface area contributed by atoms with E-state index in [9.17, 15) is 4.79 Å². The van der Waals surface area contributed by atoms with Crippen LogP contribution >= 0.6 is 0 Å². The van der Waals surface area contributed by atoms with Crippen molar-refractivity contribution in [3.63, 3.8) is 0 Å². The number of rotatable bonds is 7. The molecule has 3 aromatic rings. The third-order valence-corrected chi connectivity index (χ3v) is 4.31. The van der Waals surface area contributed by atoms with Crippen molar-refractivity contribution in [1.82, 2.24) is 10.2 Å². The Balaban J connectivity index is 2.14. The van der Waals surface area contributed by atoms with Gasteiger partial charge in [0.2, 0.25) is 11.5 Å². The normalized spacial score (nSPS) is 10.6. The standard InChI is InChI=1S/C19H21N3O5/c1-20-17-12(24-2)7-6-11-15(17)21-22-16(11)18(23)10-8-13(25-3)19(27-5)14(9-10)26-4/h6-9,20H,1-5H3,(H,21,22). The molecule has 8 nitrogen and oxygen atoms in total. The van der Waals surface area contributed by atoms with E-state index in [-0.39, 0.29) is 5.78 Å². The molecule has 0 spiro atoms. The number of hydrogen-bond acceptors (Lipinski definition) is 7. The molecule has 0 unspecified atom stereocenters. The molecule has 0 saturated heterocycles. The number of nitrogens with one attached hydrogen (secondary N) is 2. The summed E-state index contributed by atoms with van der Waals surface area (Å²) in [4.78, 5) is 13.1. The second kappa shape index (κ2) is 7.45. The Kier molecular flexibility index (Phi) is 5.07. The first kappa shape index (κ1) is 18.4. The number of anilines is 1. The van der Waals surface area contributed by atoms with Crippen LogP contribution in [-0.2, 0) is 0 Å². The predicted octanol–water partition coefficient (Wildman–Crippen LogP) is 2.87. The monoisotopic (exact) mass is 371 g/mol. The first-order valence-electron chi connectivity index (χ1n) is 8.17. The number of methoxy groups -OCH3 is 4. The lowest BCUT2D eigenvalue weighted by Gasteiger charge is -2.13. The van der Waals surface area contributed by atoms with Crippen molar-refractivity contribution in [2.24, 2.45) is 0 Å². The van der Waals surface area contributed by atoms with Gasteiger partial charge in [-0.05, 0) is 24.3 Å². The van der Waals surface area contributed by atoms with Crippen LogP contribution in [0.25, 0.3) is 10.9 Å². The Hall–Kier alpha value is -3.42. The van der Waals surface area contributed by atoms with Gasteiger partial charge in [-0.3, -0.25) is 9.89 Å². The number of aromatic nitrogens is 2. The molecular weight excluding hydrogens is 350 g/mol. The minimum absolute atomic E-state index is 0.246. The number of carbonyl (C=O) groups is 1. The number of carbonyl (C=O) groups excluding carboxylic acids is 1. The summed E-state index contributed by atoms with van der Waals surface area (Å²) in [5.74, 6) is 1.63. The molecular formula is C19H21N3O5. The molecule has 0 bridgehead atoms. The second-order valence-electron chi connectivity index (χ2n) is 5.63. The quantitative estimate of drug-likeness (QED) is 0.617. The predicted molar refractivity (Wildman–Crippen MR) is 102 cm³/mol. The van der Waals surface area contributed by atoms with Crippen molar-refractivity contribution in [3.8, 4) is 23.0 Å². The van der Waals surface area contributed by atoms with E-state index < -0.39 is 0 Å². The van der Waals surface area contributed by atoms with E-state index in [1.54, 1.807) is 38.4 Å². The van der Waals surface area contributed by atoms with Gasteiger partial charge in [0.25, 0.3) is 0 Å². The van der Waals surface area contributed by atoms with Crippen LogP contribution in [0.2, 0.25) is 0 Å². The Morgan fingerprint density at radius 1 is 0.963 bits per heavy atom. The average molecular weight is 371 g/mol. The minimum Gasteiger partial charge on any atom is -0.495 e. The summed E-state index contributed by atoms with van der Waals surface area (Å²) in [5, 5.41) is 10.9. The first-order valence-corrected chi connectivity index (χ1v) is 8.17. The Labute approximate surface area is 156 Å². The number of ketones is 1. The molecule has 0 aliphatic carbocycles. The third kappa shape index (κ3) is 2.99. The van der Waals surface area contributed by atoms with Crippen LogP contribution in [0.3, 0.4) is 0 Å². The Bertz CT molecular complexity index is 971. The lowest BCUT2D eigenvalue weighted by atomic mass is 10.0. The molecule has 0 amide bonds. The van der Waals surface area contributed by atoms with E-state index >= 15 is 0 Å². The van der Waals surface area contributed by atoms with Gasteiger partial charge in [0, 0.05) is 18.0 Å². The van der Waals surface area contributed by atoms with Gasteiger partial charge in [-0.25, -0.2) is 0 Å². The van der Waals surface area contributed by atoms with Crippen LogP contribution in [0.5, 0.6) is 23.0 Å². The van der Waals surface area contributed by atoms with E-state index in [2.05, 4.69) is 15.5 Å². The summed E-state index contributed by atoms with van der Waals surface area (Å²) in [5.41, 5.74) is 2.07. The van der Waals surface area contributed by atoms with E-state index in [4.69, 9.17) is 18.9 Å². The van der Waals surface area contributed by atoms with Gasteiger partial charge in [0.15, 0.2) is 11.5 Å². The number of nitrogens with zero attached hydrogens (tertiary/aromatic N) is 1. The van der Waals surface area contributed by atoms with Crippen LogP contribution in [0.4, 0.5) is 5.69 Å². The zero-order valence-electron chi connectivity index (χ0n) is 15.8. The van der Waals surface area contributed by atoms with Crippen LogP contribution in [0.15, 0.2) is 24.3 Å². The first-order chi connectivity index (χ1) is 13.1. The molecule has 2 aromatic carbocycles. The highest BCUT2D eigenvalue weighted by Gasteiger charge is 2.22. The fraction of sp³-hybridized carbons (Fsp3) is 0.263. The average Bonchev–Trinajstić information content (AvgIpc) is 3.15. The molecule has 142 valence electrons. The molecule has 8 heteroatoms. The molecule has 0 aliphatic rings. The number of fused-ring (bicyclic) bond motifs is 1. The minimum atomic E-state index is -0.246. The Morgan fingerprint density at radius 2 is 1.59 bits per heavy atom. The maximum absolute atomic E-state index is 13.1. The van der Waals surface area contributed by atoms with Gasteiger partial charge >= 0.3 is 0 Å². The van der Waals surface area contributed by atoms with Gasteiger partial charge in [0.1, 0.15) is 22.6 Å². The van der Waals surface area contributed by atoms with Gasteiger partial charge in [-0.2, -0.15) is 5.10 Å². The lowest BCUT2D eigenvalue weighted by Crippen LogP contribution is -2.05. The molecule has 2 N–H and O–H groups in total. The van der Waals surface area contributed by atoms with Crippen molar-refractivity contribution in [2.75, 3.05) is 40.8 Å². The van der Waals surface area contributed by atoms with Crippen molar-refractivity contribution in [3.05, 3.63) is 35.5 Å². The zero-order valence-corrected chi connectivity index (χ0v) is 15.8. The van der Waals surface area contributed by atoms with Gasteiger partial charge in [-0.15, -0.1) is 0 Å². The van der Waals surface area contributed by atoms with E-state index in [1.165, 1.54) is 21.3 Å².